The predicted molar refractivity (Wildman–Crippen MR) is 118 cm³/mol. The van der Waals surface area contributed by atoms with Crippen LogP contribution in [-0.2, 0) is 11.2 Å². The van der Waals surface area contributed by atoms with E-state index in [1.165, 1.54) is 28.9 Å². The van der Waals surface area contributed by atoms with Gasteiger partial charge >= 0.3 is 5.97 Å². The smallest absolute Gasteiger partial charge is 0.308 e. The van der Waals surface area contributed by atoms with Gasteiger partial charge in [0.1, 0.15) is 5.75 Å². The maximum Gasteiger partial charge on any atom is 0.308 e. The van der Waals surface area contributed by atoms with Gasteiger partial charge in [-0.15, -0.1) is 11.8 Å². The number of para-hydroxylation sites is 2. The molecule has 0 spiro atoms. The van der Waals surface area contributed by atoms with Gasteiger partial charge in [0.05, 0.1) is 15.9 Å². The summed E-state index contributed by atoms with van der Waals surface area (Å²) in [6.45, 7) is 5.71. The fourth-order valence-electron chi connectivity index (χ4n) is 4.01. The van der Waals surface area contributed by atoms with Crippen LogP contribution in [0.3, 0.4) is 0 Å². The third-order valence-corrected chi connectivity index (χ3v) is 5.93. The summed E-state index contributed by atoms with van der Waals surface area (Å²) >= 11 is 1.62. The molecule has 0 radical (unpaired) electrons. The second-order valence-electron chi connectivity index (χ2n) is 6.88. The molecule has 0 atom stereocenters. The quantitative estimate of drug-likeness (QED) is 0.233. The molecule has 0 unspecified atom stereocenters. The van der Waals surface area contributed by atoms with Gasteiger partial charge in [-0.2, -0.15) is 0 Å². The van der Waals surface area contributed by atoms with Crippen molar-refractivity contribution in [3.63, 3.8) is 0 Å². The Labute approximate surface area is 169 Å². The second-order valence-corrected chi connectivity index (χ2v) is 7.69. The molecular formula is C24H23NO2S. The van der Waals surface area contributed by atoms with Gasteiger partial charge in [0.2, 0.25) is 0 Å². The Balaban J connectivity index is 2.24. The van der Waals surface area contributed by atoms with Crippen LogP contribution in [0.2, 0.25) is 0 Å². The van der Waals surface area contributed by atoms with Gasteiger partial charge in [0.15, 0.2) is 0 Å². The molecule has 0 aliphatic rings. The molecule has 0 saturated carbocycles. The normalized spacial score (nSPS) is 11.3. The minimum absolute atomic E-state index is 0.300. The Hall–Kier alpha value is -2.72. The molecule has 1 aromatic heterocycles. The van der Waals surface area contributed by atoms with Crippen LogP contribution >= 0.6 is 11.8 Å². The number of carbonyl (C=O) groups excluding carboxylic acids is 1. The maximum atomic E-state index is 11.7. The number of ether oxygens (including phenoxy) is 1. The minimum atomic E-state index is -0.300. The summed E-state index contributed by atoms with van der Waals surface area (Å²) in [7, 11) is 0. The minimum Gasteiger partial charge on any atom is -0.425 e. The van der Waals surface area contributed by atoms with E-state index in [9.17, 15) is 4.79 Å². The van der Waals surface area contributed by atoms with Gasteiger partial charge in [-0.05, 0) is 48.9 Å². The molecule has 0 fully saturated rings. The molecule has 0 bridgehead atoms. The van der Waals surface area contributed by atoms with Gasteiger partial charge in [-0.1, -0.05) is 43.3 Å². The molecule has 1 heterocycles. The molecule has 0 amide bonds. The molecule has 4 aromatic rings. The van der Waals surface area contributed by atoms with E-state index >= 15 is 0 Å². The molecule has 3 aromatic carbocycles. The van der Waals surface area contributed by atoms with Crippen molar-refractivity contribution < 1.29 is 9.53 Å². The molecular weight excluding hydrogens is 366 g/mol. The van der Waals surface area contributed by atoms with Crippen molar-refractivity contribution in [3.8, 4) is 11.4 Å². The molecule has 0 saturated heterocycles. The summed E-state index contributed by atoms with van der Waals surface area (Å²) in [5.41, 5.74) is 5.83. The SMILES string of the molecule is CCc1ccccc1-n1c2ccccc2c2c(C)cc(OC(C)=O)c(SC)c21. The van der Waals surface area contributed by atoms with Crippen LogP contribution in [0.1, 0.15) is 25.0 Å². The summed E-state index contributed by atoms with van der Waals surface area (Å²) in [4.78, 5) is 12.7. The van der Waals surface area contributed by atoms with Crippen LogP contribution in [0.25, 0.3) is 27.5 Å². The summed E-state index contributed by atoms with van der Waals surface area (Å²) in [5.74, 6) is 0.328. The van der Waals surface area contributed by atoms with E-state index in [1.807, 2.05) is 12.3 Å². The van der Waals surface area contributed by atoms with Crippen molar-refractivity contribution in [2.75, 3.05) is 6.26 Å². The van der Waals surface area contributed by atoms with Gasteiger partial charge in [-0.3, -0.25) is 4.79 Å². The summed E-state index contributed by atoms with van der Waals surface area (Å²) in [5, 5.41) is 2.42. The number of benzene rings is 3. The zero-order valence-electron chi connectivity index (χ0n) is 16.6. The Bertz CT molecular complexity index is 1210. The lowest BCUT2D eigenvalue weighted by Gasteiger charge is -2.16. The highest BCUT2D eigenvalue weighted by atomic mass is 32.2. The number of thioether (sulfide) groups is 1. The molecule has 4 heteroatoms. The van der Waals surface area contributed by atoms with E-state index in [4.69, 9.17) is 4.74 Å². The fraction of sp³-hybridized carbons (Fsp3) is 0.208. The number of esters is 1. The standard InChI is InChI=1S/C24H23NO2S/c1-5-17-10-6-8-12-19(17)25-20-13-9-7-11-18(20)22-15(2)14-21(27-16(3)26)24(28-4)23(22)25/h6-14H,5H2,1-4H3. The summed E-state index contributed by atoms with van der Waals surface area (Å²) in [6, 6.07) is 19.0. The summed E-state index contributed by atoms with van der Waals surface area (Å²) < 4.78 is 7.92. The van der Waals surface area contributed by atoms with Crippen molar-refractivity contribution in [2.24, 2.45) is 0 Å². The Morgan fingerprint density at radius 3 is 2.54 bits per heavy atom. The van der Waals surface area contributed by atoms with E-state index in [2.05, 4.69) is 66.9 Å². The van der Waals surface area contributed by atoms with Crippen LogP contribution in [-0.4, -0.2) is 16.8 Å². The van der Waals surface area contributed by atoms with Crippen molar-refractivity contribution in [1.29, 1.82) is 0 Å². The topological polar surface area (TPSA) is 31.2 Å². The highest BCUT2D eigenvalue weighted by Gasteiger charge is 2.22. The number of aryl methyl sites for hydroxylation is 2. The largest absolute Gasteiger partial charge is 0.425 e. The van der Waals surface area contributed by atoms with E-state index in [-0.39, 0.29) is 5.97 Å². The van der Waals surface area contributed by atoms with Crippen LogP contribution in [0.4, 0.5) is 0 Å². The van der Waals surface area contributed by atoms with Gasteiger partial charge < -0.3 is 9.30 Å². The number of nitrogens with zero attached hydrogens (tertiary/aromatic N) is 1. The number of carbonyl (C=O) groups is 1. The maximum absolute atomic E-state index is 11.7. The number of aromatic nitrogens is 1. The highest BCUT2D eigenvalue weighted by Crippen LogP contribution is 2.44. The van der Waals surface area contributed by atoms with Crippen molar-refractivity contribution >= 4 is 39.5 Å². The first-order valence-corrected chi connectivity index (χ1v) is 10.7. The lowest BCUT2D eigenvalue weighted by molar-refractivity contribution is -0.132. The van der Waals surface area contributed by atoms with Crippen molar-refractivity contribution in [2.45, 2.75) is 32.1 Å². The van der Waals surface area contributed by atoms with E-state index in [1.54, 1.807) is 11.8 Å². The van der Waals surface area contributed by atoms with Gasteiger partial charge in [-0.25, -0.2) is 0 Å². The lowest BCUT2D eigenvalue weighted by Crippen LogP contribution is -2.05. The van der Waals surface area contributed by atoms with E-state index in [0.29, 0.717) is 5.75 Å². The molecule has 4 rings (SSSR count). The first-order chi connectivity index (χ1) is 13.6. The van der Waals surface area contributed by atoms with Gasteiger partial charge in [0, 0.05) is 23.4 Å². The third kappa shape index (κ3) is 2.89. The van der Waals surface area contributed by atoms with E-state index in [0.717, 1.165) is 27.9 Å². The second kappa shape index (κ2) is 7.36. The lowest BCUT2D eigenvalue weighted by atomic mass is 10.1. The Morgan fingerprint density at radius 1 is 1.11 bits per heavy atom. The first-order valence-electron chi connectivity index (χ1n) is 9.44. The van der Waals surface area contributed by atoms with Crippen LogP contribution < -0.4 is 4.74 Å². The van der Waals surface area contributed by atoms with Crippen molar-refractivity contribution in [3.05, 3.63) is 65.7 Å². The number of hydrogen-bond acceptors (Lipinski definition) is 3. The molecule has 142 valence electrons. The molecule has 0 N–H and O–H groups in total. The zero-order valence-corrected chi connectivity index (χ0v) is 17.4. The number of fused-ring (bicyclic) bond motifs is 3. The average molecular weight is 390 g/mol. The molecule has 28 heavy (non-hydrogen) atoms. The predicted octanol–water partition coefficient (Wildman–Crippen LogP) is 6.30. The Morgan fingerprint density at radius 2 is 1.82 bits per heavy atom. The summed E-state index contributed by atoms with van der Waals surface area (Å²) in [6.07, 6.45) is 2.98. The van der Waals surface area contributed by atoms with Crippen LogP contribution in [0.15, 0.2) is 59.5 Å². The fourth-order valence-corrected chi connectivity index (χ4v) is 4.70. The van der Waals surface area contributed by atoms with Gasteiger partial charge in [0.25, 0.3) is 0 Å². The number of hydrogen-bond donors (Lipinski definition) is 0. The number of rotatable bonds is 4. The van der Waals surface area contributed by atoms with Crippen LogP contribution in [0.5, 0.6) is 5.75 Å². The molecule has 0 aliphatic carbocycles. The average Bonchev–Trinajstić information content (AvgIpc) is 3.03. The molecule has 0 aliphatic heterocycles. The van der Waals surface area contributed by atoms with E-state index < -0.39 is 0 Å². The van der Waals surface area contributed by atoms with Crippen molar-refractivity contribution in [1.82, 2.24) is 4.57 Å². The van der Waals surface area contributed by atoms with Crippen LogP contribution in [0, 0.1) is 6.92 Å². The monoisotopic (exact) mass is 389 g/mol. The third-order valence-electron chi connectivity index (χ3n) is 5.13. The first kappa shape index (κ1) is 18.6. The zero-order chi connectivity index (χ0) is 19.8. The molecule has 3 nitrogen and oxygen atoms in total. The Kier molecular flexibility index (Phi) is 4.90. The highest BCUT2D eigenvalue weighted by molar-refractivity contribution is 7.99.